The summed E-state index contributed by atoms with van der Waals surface area (Å²) in [5.74, 6) is 0.650. The zero-order valence-corrected chi connectivity index (χ0v) is 12.6. The molecule has 0 radical (unpaired) electrons. The minimum absolute atomic E-state index is 0.174. The smallest absolute Gasteiger partial charge is 0.147 e. The van der Waals surface area contributed by atoms with Gasteiger partial charge in [0.1, 0.15) is 18.5 Å². The maximum atomic E-state index is 9.49. The van der Waals surface area contributed by atoms with E-state index in [0.29, 0.717) is 12.3 Å². The monoisotopic (exact) mass is 367 g/mol. The molecule has 0 aliphatic heterocycles. The minimum atomic E-state index is -0.645. The van der Waals surface area contributed by atoms with Crippen LogP contribution in [-0.4, -0.2) is 31.5 Å². The fourth-order valence-electron chi connectivity index (χ4n) is 1.29. The van der Waals surface area contributed by atoms with Crippen molar-refractivity contribution < 1.29 is 14.6 Å². The third kappa shape index (κ3) is 4.56. The molecule has 0 amide bonds. The van der Waals surface area contributed by atoms with E-state index in [0.717, 1.165) is 14.5 Å². The van der Waals surface area contributed by atoms with Gasteiger partial charge in [0.15, 0.2) is 0 Å². The van der Waals surface area contributed by atoms with Crippen molar-refractivity contribution in [3.63, 3.8) is 0 Å². The summed E-state index contributed by atoms with van der Waals surface area (Å²) in [4.78, 5) is 0. The van der Waals surface area contributed by atoms with Crippen molar-refractivity contribution in [2.24, 2.45) is 5.73 Å². The summed E-state index contributed by atoms with van der Waals surface area (Å²) >= 11 is 6.81. The van der Waals surface area contributed by atoms with Crippen molar-refractivity contribution in [3.8, 4) is 5.75 Å². The summed E-state index contributed by atoms with van der Waals surface area (Å²) < 4.78 is 11.9. The molecule has 0 saturated carbocycles. The van der Waals surface area contributed by atoms with E-state index in [4.69, 9.17) is 15.2 Å². The van der Waals surface area contributed by atoms with Gasteiger partial charge in [-0.3, -0.25) is 0 Å². The third-order valence-electron chi connectivity index (χ3n) is 2.07. The fraction of sp³-hybridized carbons (Fsp3) is 0.455. The van der Waals surface area contributed by atoms with Crippen molar-refractivity contribution in [3.05, 3.63) is 26.6 Å². The lowest BCUT2D eigenvalue weighted by molar-refractivity contribution is 0.0322. The Morgan fingerprint density at radius 3 is 2.35 bits per heavy atom. The zero-order chi connectivity index (χ0) is 12.8. The Balaban J connectivity index is 2.71. The molecule has 0 spiro atoms. The highest BCUT2D eigenvalue weighted by Gasteiger charge is 2.11. The van der Waals surface area contributed by atoms with Crippen LogP contribution in [0.1, 0.15) is 5.56 Å². The van der Waals surface area contributed by atoms with E-state index < -0.39 is 6.10 Å². The molecule has 17 heavy (non-hydrogen) atoms. The molecular formula is C11H15Br2NO3. The second-order valence-electron chi connectivity index (χ2n) is 3.51. The molecule has 1 rings (SSSR count). The molecular weight excluding hydrogens is 354 g/mol. The molecule has 0 aliphatic rings. The largest absolute Gasteiger partial charge is 0.488 e. The maximum Gasteiger partial charge on any atom is 0.147 e. The molecule has 0 fully saturated rings. The highest BCUT2D eigenvalue weighted by molar-refractivity contribution is 9.11. The van der Waals surface area contributed by atoms with Crippen LogP contribution in [0.3, 0.4) is 0 Å². The van der Waals surface area contributed by atoms with Crippen molar-refractivity contribution >= 4 is 31.9 Å². The standard InChI is InChI=1S/C11H15Br2NO3/c1-16-5-8(15)6-17-11-9(12)2-7(4-14)3-10(11)13/h2-3,8,15H,4-6,14H2,1H3. The Bertz CT molecular complexity index is 351. The summed E-state index contributed by atoms with van der Waals surface area (Å²) in [6.07, 6.45) is -0.645. The molecule has 1 atom stereocenters. The molecule has 1 unspecified atom stereocenters. The van der Waals surface area contributed by atoms with Crippen molar-refractivity contribution in [2.45, 2.75) is 12.6 Å². The Kier molecular flexibility index (Phi) is 6.43. The van der Waals surface area contributed by atoms with Crippen LogP contribution in [0.2, 0.25) is 0 Å². The van der Waals surface area contributed by atoms with Crippen LogP contribution in [0, 0.1) is 0 Å². The van der Waals surface area contributed by atoms with Gasteiger partial charge in [-0.2, -0.15) is 0 Å². The zero-order valence-electron chi connectivity index (χ0n) is 9.45. The van der Waals surface area contributed by atoms with Crippen LogP contribution in [-0.2, 0) is 11.3 Å². The van der Waals surface area contributed by atoms with Gasteiger partial charge in [0, 0.05) is 13.7 Å². The van der Waals surface area contributed by atoms with Gasteiger partial charge in [-0.1, -0.05) is 0 Å². The molecule has 96 valence electrons. The van der Waals surface area contributed by atoms with Gasteiger partial charge in [0.2, 0.25) is 0 Å². The van der Waals surface area contributed by atoms with Gasteiger partial charge < -0.3 is 20.3 Å². The van der Waals surface area contributed by atoms with Crippen LogP contribution < -0.4 is 10.5 Å². The van der Waals surface area contributed by atoms with E-state index in [2.05, 4.69) is 31.9 Å². The molecule has 0 bridgehead atoms. The summed E-state index contributed by atoms with van der Waals surface area (Å²) in [5, 5.41) is 9.49. The first-order valence-corrected chi connectivity index (χ1v) is 6.64. The lowest BCUT2D eigenvalue weighted by Gasteiger charge is -2.14. The van der Waals surface area contributed by atoms with E-state index in [-0.39, 0.29) is 13.2 Å². The predicted molar refractivity (Wildman–Crippen MR) is 73.1 cm³/mol. The maximum absolute atomic E-state index is 9.49. The quantitative estimate of drug-likeness (QED) is 0.806. The van der Waals surface area contributed by atoms with Crippen molar-refractivity contribution in [2.75, 3.05) is 20.3 Å². The normalized spacial score (nSPS) is 12.5. The van der Waals surface area contributed by atoms with Crippen molar-refractivity contribution in [1.29, 1.82) is 0 Å². The highest BCUT2D eigenvalue weighted by Crippen LogP contribution is 2.34. The number of hydrogen-bond acceptors (Lipinski definition) is 4. The van der Waals surface area contributed by atoms with Crippen LogP contribution in [0.15, 0.2) is 21.1 Å². The summed E-state index contributed by atoms with van der Waals surface area (Å²) in [5.41, 5.74) is 6.55. The van der Waals surface area contributed by atoms with Crippen LogP contribution in [0.4, 0.5) is 0 Å². The fourth-order valence-corrected chi connectivity index (χ4v) is 2.80. The number of nitrogens with two attached hydrogens (primary N) is 1. The van der Waals surface area contributed by atoms with Crippen LogP contribution in [0.25, 0.3) is 0 Å². The molecule has 3 N–H and O–H groups in total. The molecule has 1 aromatic rings. The molecule has 1 aromatic carbocycles. The van der Waals surface area contributed by atoms with Crippen LogP contribution in [0.5, 0.6) is 5.75 Å². The number of rotatable bonds is 6. The van der Waals surface area contributed by atoms with E-state index in [1.54, 1.807) is 0 Å². The number of benzene rings is 1. The van der Waals surface area contributed by atoms with Gasteiger partial charge in [0.05, 0.1) is 15.6 Å². The Labute approximate surface area is 117 Å². The Morgan fingerprint density at radius 2 is 1.88 bits per heavy atom. The first-order valence-electron chi connectivity index (χ1n) is 5.06. The van der Waals surface area contributed by atoms with Crippen molar-refractivity contribution in [1.82, 2.24) is 0 Å². The Morgan fingerprint density at radius 1 is 1.29 bits per heavy atom. The second kappa shape index (κ2) is 7.33. The highest BCUT2D eigenvalue weighted by atomic mass is 79.9. The predicted octanol–water partition coefficient (Wildman–Crippen LogP) is 2.06. The molecule has 6 heteroatoms. The lowest BCUT2D eigenvalue weighted by Crippen LogP contribution is -2.22. The minimum Gasteiger partial charge on any atom is -0.488 e. The second-order valence-corrected chi connectivity index (χ2v) is 5.22. The Hall–Kier alpha value is -0.140. The number of aliphatic hydroxyl groups is 1. The molecule has 0 saturated heterocycles. The molecule has 4 nitrogen and oxygen atoms in total. The number of hydrogen-bond donors (Lipinski definition) is 2. The average Bonchev–Trinajstić information content (AvgIpc) is 2.28. The summed E-state index contributed by atoms with van der Waals surface area (Å²) in [6.45, 7) is 0.882. The lowest BCUT2D eigenvalue weighted by atomic mass is 10.2. The summed E-state index contributed by atoms with van der Waals surface area (Å²) in [6, 6.07) is 3.78. The van der Waals surface area contributed by atoms with Gasteiger partial charge in [-0.25, -0.2) is 0 Å². The number of methoxy groups -OCH3 is 1. The summed E-state index contributed by atoms with van der Waals surface area (Å²) in [7, 11) is 1.53. The first kappa shape index (κ1) is 14.9. The van der Waals surface area contributed by atoms with Crippen LogP contribution >= 0.6 is 31.9 Å². The number of ether oxygens (including phenoxy) is 2. The molecule has 0 heterocycles. The van der Waals surface area contributed by atoms with Gasteiger partial charge in [-0.05, 0) is 49.6 Å². The van der Waals surface area contributed by atoms with E-state index in [1.165, 1.54) is 7.11 Å². The molecule has 0 aromatic heterocycles. The van der Waals surface area contributed by atoms with E-state index in [9.17, 15) is 5.11 Å². The van der Waals surface area contributed by atoms with E-state index >= 15 is 0 Å². The SMILES string of the molecule is COCC(O)COc1c(Br)cc(CN)cc1Br. The average molecular weight is 369 g/mol. The van der Waals surface area contributed by atoms with Gasteiger partial charge in [0.25, 0.3) is 0 Å². The number of halogens is 2. The molecule has 0 aliphatic carbocycles. The number of aliphatic hydroxyl groups excluding tert-OH is 1. The van der Waals surface area contributed by atoms with E-state index in [1.807, 2.05) is 12.1 Å². The topological polar surface area (TPSA) is 64.7 Å². The van der Waals surface area contributed by atoms with Gasteiger partial charge in [-0.15, -0.1) is 0 Å². The third-order valence-corrected chi connectivity index (χ3v) is 3.25. The van der Waals surface area contributed by atoms with Gasteiger partial charge >= 0.3 is 0 Å². The first-order chi connectivity index (χ1) is 8.08.